The molecule has 0 radical (unpaired) electrons. The fourth-order valence-corrected chi connectivity index (χ4v) is 4.05. The molecule has 0 spiro atoms. The number of carbonyl (C=O) groups excluding carboxylic acids is 2. The maximum absolute atomic E-state index is 12.7. The summed E-state index contributed by atoms with van der Waals surface area (Å²) in [5.41, 5.74) is 2.57. The molecule has 8 nitrogen and oxygen atoms in total. The van der Waals surface area contributed by atoms with Crippen LogP contribution in [-0.2, 0) is 4.79 Å². The molecule has 2 amide bonds. The zero-order valence-corrected chi connectivity index (χ0v) is 18.3. The summed E-state index contributed by atoms with van der Waals surface area (Å²) in [4.78, 5) is 30.1. The van der Waals surface area contributed by atoms with E-state index in [4.69, 9.17) is 14.2 Å². The lowest BCUT2D eigenvalue weighted by Crippen LogP contribution is -2.34. The van der Waals surface area contributed by atoms with Gasteiger partial charge in [-0.05, 0) is 50.2 Å². The molecular weight excluding hydrogens is 418 g/mol. The molecule has 0 unspecified atom stereocenters. The van der Waals surface area contributed by atoms with Gasteiger partial charge in [0.2, 0.25) is 0 Å². The van der Waals surface area contributed by atoms with Crippen LogP contribution in [0.4, 0.5) is 10.8 Å². The van der Waals surface area contributed by atoms with Gasteiger partial charge < -0.3 is 19.5 Å². The molecule has 0 saturated carbocycles. The molecule has 3 aromatic rings. The predicted octanol–water partition coefficient (Wildman–Crippen LogP) is 4.11. The van der Waals surface area contributed by atoms with Crippen molar-refractivity contribution < 1.29 is 23.8 Å². The first-order valence-electron chi connectivity index (χ1n) is 9.52. The lowest BCUT2D eigenvalue weighted by atomic mass is 10.1. The Labute approximate surface area is 183 Å². The van der Waals surface area contributed by atoms with Gasteiger partial charge in [0.25, 0.3) is 11.8 Å². The van der Waals surface area contributed by atoms with Crippen LogP contribution in [0.2, 0.25) is 0 Å². The van der Waals surface area contributed by atoms with E-state index in [0.29, 0.717) is 33.6 Å². The van der Waals surface area contributed by atoms with Gasteiger partial charge in [0.15, 0.2) is 22.7 Å². The number of amides is 2. The number of hydrogen-bond donors (Lipinski definition) is 2. The van der Waals surface area contributed by atoms with Crippen molar-refractivity contribution in [3.8, 4) is 28.5 Å². The second-order valence-corrected chi connectivity index (χ2v) is 8.11. The Morgan fingerprint density at radius 2 is 1.94 bits per heavy atom. The molecule has 2 N–H and O–H groups in total. The third kappa shape index (κ3) is 4.04. The Kier molecular flexibility index (Phi) is 5.51. The summed E-state index contributed by atoms with van der Waals surface area (Å²) in [6.45, 7) is 3.62. The maximum atomic E-state index is 12.7. The van der Waals surface area contributed by atoms with Crippen LogP contribution in [-0.4, -0.2) is 37.1 Å². The molecule has 0 fully saturated rings. The number of nitrogens with one attached hydrogen (secondary N) is 2. The topological polar surface area (TPSA) is 98.8 Å². The van der Waals surface area contributed by atoms with Gasteiger partial charge in [0.1, 0.15) is 5.75 Å². The summed E-state index contributed by atoms with van der Waals surface area (Å²) in [6, 6.07) is 10.5. The highest BCUT2D eigenvalue weighted by molar-refractivity contribution is 7.16. The third-order valence-electron chi connectivity index (χ3n) is 4.85. The van der Waals surface area contributed by atoms with E-state index in [1.165, 1.54) is 25.6 Å². The molecule has 1 aliphatic rings. The minimum Gasteiger partial charge on any atom is -0.493 e. The van der Waals surface area contributed by atoms with Crippen LogP contribution in [0, 0.1) is 6.92 Å². The van der Waals surface area contributed by atoms with E-state index in [-0.39, 0.29) is 11.8 Å². The lowest BCUT2D eigenvalue weighted by Gasteiger charge is -2.23. The molecule has 160 valence electrons. The number of methoxy groups -OCH3 is 2. The number of fused-ring (bicyclic) bond motifs is 1. The van der Waals surface area contributed by atoms with Crippen LogP contribution < -0.4 is 24.8 Å². The van der Waals surface area contributed by atoms with Gasteiger partial charge in [-0.25, -0.2) is 4.98 Å². The molecule has 1 atom stereocenters. The number of thiazole rings is 1. The second-order valence-electron chi connectivity index (χ2n) is 6.91. The molecule has 9 heteroatoms. The largest absolute Gasteiger partial charge is 0.493 e. The molecule has 4 rings (SSSR count). The van der Waals surface area contributed by atoms with Crippen LogP contribution in [0.1, 0.15) is 22.2 Å². The molecule has 0 saturated heterocycles. The number of hydrogen-bond acceptors (Lipinski definition) is 7. The van der Waals surface area contributed by atoms with Crippen molar-refractivity contribution in [3.05, 3.63) is 46.8 Å². The Morgan fingerprint density at radius 3 is 2.68 bits per heavy atom. The van der Waals surface area contributed by atoms with E-state index in [9.17, 15) is 9.59 Å². The smallest absolute Gasteiger partial charge is 0.265 e. The normalized spacial score (nSPS) is 14.8. The first-order valence-corrected chi connectivity index (χ1v) is 10.3. The average molecular weight is 439 g/mol. The van der Waals surface area contributed by atoms with Crippen LogP contribution in [0.15, 0.2) is 36.4 Å². The summed E-state index contributed by atoms with van der Waals surface area (Å²) in [5.74, 6) is 1.14. The lowest BCUT2D eigenvalue weighted by molar-refractivity contribution is -0.122. The van der Waals surface area contributed by atoms with Gasteiger partial charge in [0.05, 0.1) is 25.6 Å². The van der Waals surface area contributed by atoms with Gasteiger partial charge in [-0.3, -0.25) is 14.9 Å². The summed E-state index contributed by atoms with van der Waals surface area (Å²) in [6.07, 6.45) is -0.530. The van der Waals surface area contributed by atoms with E-state index >= 15 is 0 Å². The van der Waals surface area contributed by atoms with Gasteiger partial charge >= 0.3 is 0 Å². The minimum absolute atomic E-state index is 0.192. The van der Waals surface area contributed by atoms with Crippen LogP contribution >= 0.6 is 11.3 Å². The molecule has 1 aromatic heterocycles. The minimum atomic E-state index is -0.530. The number of carbonyl (C=O) groups is 2. The molecule has 2 aromatic carbocycles. The fourth-order valence-electron chi connectivity index (χ4n) is 3.22. The zero-order valence-electron chi connectivity index (χ0n) is 17.4. The molecule has 0 aliphatic carbocycles. The van der Waals surface area contributed by atoms with E-state index in [2.05, 4.69) is 15.6 Å². The van der Waals surface area contributed by atoms with Crippen molar-refractivity contribution in [2.45, 2.75) is 20.0 Å². The zero-order chi connectivity index (χ0) is 22.1. The Balaban J connectivity index is 1.57. The van der Waals surface area contributed by atoms with Crippen molar-refractivity contribution in [2.75, 3.05) is 24.9 Å². The quantitative estimate of drug-likeness (QED) is 0.621. The van der Waals surface area contributed by atoms with Crippen molar-refractivity contribution in [1.29, 1.82) is 0 Å². The highest BCUT2D eigenvalue weighted by Gasteiger charge is 2.24. The van der Waals surface area contributed by atoms with E-state index in [1.54, 1.807) is 31.2 Å². The highest BCUT2D eigenvalue weighted by Crippen LogP contribution is 2.37. The highest BCUT2D eigenvalue weighted by atomic mass is 32.1. The number of benzene rings is 2. The van der Waals surface area contributed by atoms with Crippen LogP contribution in [0.5, 0.6) is 17.2 Å². The van der Waals surface area contributed by atoms with Crippen molar-refractivity contribution in [1.82, 2.24) is 4.98 Å². The van der Waals surface area contributed by atoms with Gasteiger partial charge in [0, 0.05) is 16.0 Å². The van der Waals surface area contributed by atoms with Gasteiger partial charge in [-0.2, -0.15) is 0 Å². The predicted molar refractivity (Wildman–Crippen MR) is 119 cm³/mol. The summed E-state index contributed by atoms with van der Waals surface area (Å²) < 4.78 is 16.1. The number of nitrogens with zero attached hydrogens (tertiary/aromatic N) is 1. The van der Waals surface area contributed by atoms with E-state index in [0.717, 1.165) is 16.1 Å². The molecule has 0 bridgehead atoms. The Hall–Kier alpha value is -3.59. The standard InChI is InChI=1S/C22H21N3O5S/c1-11-20(26)23-15-9-13(5-7-16(15)30-11)19-12(2)31-22(24-19)25-21(27)14-6-8-17(28-3)18(10-14)29-4/h5-11H,1-4H3,(H,23,26)(H,24,25,27)/t11-/m0/s1. The molecule has 31 heavy (non-hydrogen) atoms. The Morgan fingerprint density at radius 1 is 1.16 bits per heavy atom. The summed E-state index contributed by atoms with van der Waals surface area (Å²) in [7, 11) is 3.05. The number of rotatable bonds is 5. The van der Waals surface area contributed by atoms with Gasteiger partial charge in [-0.1, -0.05) is 0 Å². The number of aromatic nitrogens is 1. The van der Waals surface area contributed by atoms with Gasteiger partial charge in [-0.15, -0.1) is 11.3 Å². The summed E-state index contributed by atoms with van der Waals surface area (Å²) >= 11 is 1.37. The number of ether oxygens (including phenoxy) is 3. The molecular formula is C22H21N3O5S. The Bertz CT molecular complexity index is 1170. The SMILES string of the molecule is COc1ccc(C(=O)Nc2nc(-c3ccc4c(c3)NC(=O)[C@H](C)O4)c(C)s2)cc1OC. The van der Waals surface area contributed by atoms with Crippen molar-refractivity contribution in [2.24, 2.45) is 0 Å². The monoisotopic (exact) mass is 439 g/mol. The van der Waals surface area contributed by atoms with E-state index < -0.39 is 6.10 Å². The van der Waals surface area contributed by atoms with Crippen LogP contribution in [0.25, 0.3) is 11.3 Å². The van der Waals surface area contributed by atoms with E-state index in [1.807, 2.05) is 19.1 Å². The molecule has 1 aliphatic heterocycles. The van der Waals surface area contributed by atoms with Crippen molar-refractivity contribution in [3.63, 3.8) is 0 Å². The fraction of sp³-hybridized carbons (Fsp3) is 0.227. The first-order chi connectivity index (χ1) is 14.9. The van der Waals surface area contributed by atoms with Crippen molar-refractivity contribution >= 4 is 34.0 Å². The molecule has 2 heterocycles. The second kappa shape index (κ2) is 8.27. The summed E-state index contributed by atoms with van der Waals surface area (Å²) in [5, 5.41) is 6.14. The number of aryl methyl sites for hydroxylation is 1. The van der Waals surface area contributed by atoms with Crippen LogP contribution in [0.3, 0.4) is 0 Å². The third-order valence-corrected chi connectivity index (χ3v) is 5.73. The first kappa shape index (κ1) is 20.7. The average Bonchev–Trinajstić information content (AvgIpc) is 3.13. The number of anilines is 2. The maximum Gasteiger partial charge on any atom is 0.265 e.